The number of para-hydroxylation sites is 1. The summed E-state index contributed by atoms with van der Waals surface area (Å²) in [6.45, 7) is 2.36. The summed E-state index contributed by atoms with van der Waals surface area (Å²) in [6, 6.07) is 42.4. The average Bonchev–Trinajstić information content (AvgIpc) is 3.60. The van der Waals surface area contributed by atoms with Gasteiger partial charge >= 0.3 is 0 Å². The minimum atomic E-state index is -0.00365. The molecule has 1 aliphatic carbocycles. The van der Waals surface area contributed by atoms with Crippen LogP contribution in [0.25, 0.3) is 61.7 Å². The third-order valence-electron chi connectivity index (χ3n) is 9.14. The summed E-state index contributed by atoms with van der Waals surface area (Å²) in [6.07, 6.45) is 9.06. The first-order valence-electron chi connectivity index (χ1n) is 15.2. The second-order valence-corrected chi connectivity index (χ2v) is 13.0. The summed E-state index contributed by atoms with van der Waals surface area (Å²) >= 11 is 1.97. The van der Waals surface area contributed by atoms with Crippen LogP contribution in [0.15, 0.2) is 151 Å². The van der Waals surface area contributed by atoms with E-state index in [1.54, 1.807) is 0 Å². The third kappa shape index (κ3) is 4.11. The number of hydrogen-bond acceptors (Lipinski definition) is 4. The lowest BCUT2D eigenvalue weighted by Gasteiger charge is -2.28. The van der Waals surface area contributed by atoms with Crippen molar-refractivity contribution in [3.63, 3.8) is 0 Å². The van der Waals surface area contributed by atoms with Gasteiger partial charge in [-0.3, -0.25) is 4.57 Å². The van der Waals surface area contributed by atoms with Crippen molar-refractivity contribution in [2.75, 3.05) is 0 Å². The van der Waals surface area contributed by atoms with Crippen molar-refractivity contribution in [2.45, 2.75) is 22.5 Å². The van der Waals surface area contributed by atoms with Crippen molar-refractivity contribution in [3.05, 3.63) is 151 Å². The van der Waals surface area contributed by atoms with Gasteiger partial charge in [0.1, 0.15) is 0 Å². The summed E-state index contributed by atoms with van der Waals surface area (Å²) in [7, 11) is 0. The quantitative estimate of drug-likeness (QED) is 0.203. The number of allylic oxidation sites excluding steroid dienone is 3. The molecule has 214 valence electrons. The number of thioether (sulfide) groups is 1. The minimum Gasteiger partial charge on any atom is -0.278 e. The zero-order chi connectivity index (χ0) is 30.0. The number of rotatable bonds is 4. The molecule has 1 aliphatic heterocycles. The van der Waals surface area contributed by atoms with Crippen LogP contribution >= 0.6 is 11.8 Å². The molecule has 2 aliphatic rings. The Balaban J connectivity index is 1.29. The largest absolute Gasteiger partial charge is 0.278 e. The maximum absolute atomic E-state index is 5.11. The van der Waals surface area contributed by atoms with E-state index in [0.29, 0.717) is 22.8 Å². The number of hydrogen-bond donors (Lipinski definition) is 0. The molecule has 2 atom stereocenters. The molecule has 2 aromatic heterocycles. The standard InChI is InChI=1S/C40H28N4S/c1-40-24-11-10-21-35(40)45-36-29(18-12-19-32(36)40)28-22-23-31-30-17-8-9-20-33(30)44(34(31)25-28)39-42-37(26-13-4-2-5-14-26)41-38(43-39)27-15-6-3-7-16-27/h2-25,35H,1H3. The van der Waals surface area contributed by atoms with Crippen molar-refractivity contribution in [2.24, 2.45) is 0 Å². The van der Waals surface area contributed by atoms with Crippen LogP contribution in [0.4, 0.5) is 0 Å². The topological polar surface area (TPSA) is 43.6 Å². The first-order chi connectivity index (χ1) is 22.2. The summed E-state index contributed by atoms with van der Waals surface area (Å²) in [5, 5.41) is 2.74. The van der Waals surface area contributed by atoms with Crippen LogP contribution in [0.1, 0.15) is 12.5 Å². The normalized spacial score (nSPS) is 18.4. The zero-order valence-electron chi connectivity index (χ0n) is 24.6. The summed E-state index contributed by atoms with van der Waals surface area (Å²) < 4.78 is 2.21. The van der Waals surface area contributed by atoms with Crippen LogP contribution in [0.3, 0.4) is 0 Å². The van der Waals surface area contributed by atoms with E-state index in [0.717, 1.165) is 22.2 Å². The lowest BCUT2D eigenvalue weighted by molar-refractivity contribution is 0.620. The van der Waals surface area contributed by atoms with Crippen molar-refractivity contribution in [1.29, 1.82) is 0 Å². The van der Waals surface area contributed by atoms with Crippen LogP contribution in [-0.2, 0) is 5.41 Å². The highest BCUT2D eigenvalue weighted by atomic mass is 32.2. The van der Waals surface area contributed by atoms with Gasteiger partial charge in [0.25, 0.3) is 0 Å². The van der Waals surface area contributed by atoms with Gasteiger partial charge in [-0.25, -0.2) is 4.98 Å². The Hall–Kier alpha value is -5.26. The molecule has 2 unspecified atom stereocenters. The van der Waals surface area contributed by atoms with Gasteiger partial charge in [-0.1, -0.05) is 140 Å². The molecule has 0 spiro atoms. The highest BCUT2D eigenvalue weighted by molar-refractivity contribution is 8.00. The predicted octanol–water partition coefficient (Wildman–Crippen LogP) is 9.83. The second-order valence-electron chi connectivity index (χ2n) is 11.8. The number of fused-ring (bicyclic) bond motifs is 6. The van der Waals surface area contributed by atoms with Crippen LogP contribution < -0.4 is 0 Å². The van der Waals surface area contributed by atoms with Gasteiger partial charge in [-0.15, -0.1) is 11.8 Å². The lowest BCUT2D eigenvalue weighted by atomic mass is 9.76. The molecule has 0 amide bonds. The zero-order valence-corrected chi connectivity index (χ0v) is 25.4. The molecule has 45 heavy (non-hydrogen) atoms. The fourth-order valence-electron chi connectivity index (χ4n) is 6.81. The van der Waals surface area contributed by atoms with Crippen LogP contribution in [-0.4, -0.2) is 24.8 Å². The maximum atomic E-state index is 5.11. The average molecular weight is 597 g/mol. The van der Waals surface area contributed by atoms with E-state index >= 15 is 0 Å². The first-order valence-corrected chi connectivity index (χ1v) is 16.1. The molecular formula is C40H28N4S. The van der Waals surface area contributed by atoms with Crippen LogP contribution in [0, 0.1) is 0 Å². The Morgan fingerprint density at radius 1 is 0.622 bits per heavy atom. The highest BCUT2D eigenvalue weighted by Gasteiger charge is 2.42. The van der Waals surface area contributed by atoms with Crippen LogP contribution in [0.5, 0.6) is 0 Å². The monoisotopic (exact) mass is 596 g/mol. The smallest absolute Gasteiger partial charge is 0.238 e. The van der Waals surface area contributed by atoms with Crippen molar-refractivity contribution < 1.29 is 0 Å². The molecule has 7 aromatic rings. The van der Waals surface area contributed by atoms with Crippen molar-refractivity contribution >= 4 is 33.6 Å². The fraction of sp³-hybridized carbons (Fsp3) is 0.0750. The molecule has 0 fully saturated rings. The van der Waals surface area contributed by atoms with E-state index in [1.165, 1.54) is 32.4 Å². The molecular weight excluding hydrogens is 569 g/mol. The molecule has 0 bridgehead atoms. The van der Waals surface area contributed by atoms with Gasteiger partial charge in [0.2, 0.25) is 5.95 Å². The molecule has 4 nitrogen and oxygen atoms in total. The van der Waals surface area contributed by atoms with E-state index in [9.17, 15) is 0 Å². The molecule has 5 heteroatoms. The molecule has 5 aromatic carbocycles. The Morgan fingerprint density at radius 2 is 1.31 bits per heavy atom. The Bertz CT molecular complexity index is 2260. The van der Waals surface area contributed by atoms with Gasteiger partial charge in [-0.05, 0) is 28.8 Å². The molecule has 9 rings (SSSR count). The number of nitrogens with zero attached hydrogens (tertiary/aromatic N) is 4. The summed E-state index contributed by atoms with van der Waals surface area (Å²) in [4.78, 5) is 16.5. The number of benzene rings is 5. The summed E-state index contributed by atoms with van der Waals surface area (Å²) in [5.74, 6) is 1.90. The lowest BCUT2D eigenvalue weighted by Crippen LogP contribution is -2.28. The van der Waals surface area contributed by atoms with Gasteiger partial charge in [0.05, 0.1) is 11.0 Å². The van der Waals surface area contributed by atoms with Gasteiger partial charge < -0.3 is 0 Å². The van der Waals surface area contributed by atoms with E-state index < -0.39 is 0 Å². The van der Waals surface area contributed by atoms with E-state index in [4.69, 9.17) is 15.0 Å². The van der Waals surface area contributed by atoms with Crippen molar-refractivity contribution in [3.8, 4) is 39.9 Å². The minimum absolute atomic E-state index is 0.00365. The van der Waals surface area contributed by atoms with E-state index in [2.05, 4.69) is 96.5 Å². The molecule has 0 saturated heterocycles. The van der Waals surface area contributed by atoms with Gasteiger partial charge in [0, 0.05) is 37.5 Å². The van der Waals surface area contributed by atoms with E-state index in [-0.39, 0.29) is 5.41 Å². The Morgan fingerprint density at radius 3 is 2.07 bits per heavy atom. The fourth-order valence-corrected chi connectivity index (χ4v) is 8.41. The highest BCUT2D eigenvalue weighted by Crippen LogP contribution is 2.55. The predicted molar refractivity (Wildman–Crippen MR) is 186 cm³/mol. The van der Waals surface area contributed by atoms with Crippen LogP contribution in [0.2, 0.25) is 0 Å². The number of aromatic nitrogens is 4. The molecule has 0 saturated carbocycles. The second kappa shape index (κ2) is 10.1. The Kier molecular flexibility index (Phi) is 5.90. The third-order valence-corrected chi connectivity index (χ3v) is 10.7. The molecule has 0 N–H and O–H groups in total. The van der Waals surface area contributed by atoms with E-state index in [1.807, 2.05) is 72.4 Å². The van der Waals surface area contributed by atoms with Gasteiger partial charge in [-0.2, -0.15) is 9.97 Å². The SMILES string of the molecule is CC12C=CC=CC1Sc1c(-c3ccc4c5ccccc5n(-c5nc(-c6ccccc6)nc(-c6ccccc6)n5)c4c3)cccc12. The maximum Gasteiger partial charge on any atom is 0.238 e. The Labute approximate surface area is 265 Å². The first kappa shape index (κ1) is 26.2. The molecule has 0 radical (unpaired) electrons. The van der Waals surface area contributed by atoms with Gasteiger partial charge in [0.15, 0.2) is 11.6 Å². The molecule has 3 heterocycles. The summed E-state index contributed by atoms with van der Waals surface area (Å²) in [5.41, 5.74) is 7.89. The van der Waals surface area contributed by atoms with Crippen molar-refractivity contribution in [1.82, 2.24) is 19.5 Å².